The first-order valence-corrected chi connectivity index (χ1v) is 15.7. The molecule has 3 rings (SSSR count). The Balaban J connectivity index is 2.10. The van der Waals surface area contributed by atoms with Crippen molar-refractivity contribution in [1.29, 1.82) is 0 Å². The number of aryl methyl sites for hydroxylation is 1. The van der Waals surface area contributed by atoms with Crippen molar-refractivity contribution in [2.24, 2.45) is 5.92 Å². The van der Waals surface area contributed by atoms with E-state index in [4.69, 9.17) is 18.7 Å². The fourth-order valence-electron chi connectivity index (χ4n) is 5.18. The normalized spacial score (nSPS) is 22.5. The molecular formula is C29H43FNO7P. The molecule has 0 amide bonds. The van der Waals surface area contributed by atoms with Gasteiger partial charge in [0.15, 0.2) is 0 Å². The zero-order valence-electron chi connectivity index (χ0n) is 24.0. The predicted molar refractivity (Wildman–Crippen MR) is 148 cm³/mol. The van der Waals surface area contributed by atoms with Crippen LogP contribution in [0.15, 0.2) is 23.8 Å². The van der Waals surface area contributed by atoms with Crippen molar-refractivity contribution in [1.82, 2.24) is 5.09 Å². The summed E-state index contributed by atoms with van der Waals surface area (Å²) in [6, 6.07) is 2.58. The molecule has 10 heteroatoms. The summed E-state index contributed by atoms with van der Waals surface area (Å²) < 4.78 is 50.9. The zero-order valence-corrected chi connectivity index (χ0v) is 24.9. The molecule has 0 aromatic heterocycles. The molecule has 2 aliphatic rings. The first kappa shape index (κ1) is 31.2. The summed E-state index contributed by atoms with van der Waals surface area (Å²) in [6.07, 6.45) is 6.34. The Morgan fingerprint density at radius 1 is 1.21 bits per heavy atom. The summed E-state index contributed by atoms with van der Waals surface area (Å²) >= 11 is 0. The fraction of sp³-hybridized carbons (Fsp3) is 0.655. The molecule has 0 radical (unpaired) electrons. The van der Waals surface area contributed by atoms with Gasteiger partial charge < -0.3 is 18.7 Å². The minimum Gasteiger partial charge on any atom is -0.487 e. The number of hydrogen-bond donors (Lipinski definition) is 1. The Morgan fingerprint density at radius 3 is 2.59 bits per heavy atom. The summed E-state index contributed by atoms with van der Waals surface area (Å²) in [4.78, 5) is 25.5. The summed E-state index contributed by atoms with van der Waals surface area (Å²) in [5.74, 6) is -0.355. The van der Waals surface area contributed by atoms with Gasteiger partial charge in [-0.3, -0.25) is 4.79 Å². The van der Waals surface area contributed by atoms with Crippen molar-refractivity contribution in [2.45, 2.75) is 104 Å². The Hall–Kier alpha value is -2.38. The molecule has 1 aromatic carbocycles. The molecule has 0 spiro atoms. The molecule has 0 bridgehead atoms. The van der Waals surface area contributed by atoms with Crippen LogP contribution in [0, 0.1) is 5.92 Å². The van der Waals surface area contributed by atoms with Crippen LogP contribution in [0.2, 0.25) is 0 Å². The Kier molecular flexibility index (Phi) is 11.0. The van der Waals surface area contributed by atoms with E-state index < -0.39 is 44.1 Å². The van der Waals surface area contributed by atoms with Crippen LogP contribution in [0.3, 0.4) is 0 Å². The molecule has 8 nitrogen and oxygen atoms in total. The van der Waals surface area contributed by atoms with Gasteiger partial charge >= 0.3 is 19.2 Å². The zero-order chi connectivity index (χ0) is 28.7. The molecule has 1 aliphatic carbocycles. The lowest BCUT2D eigenvalue weighted by Crippen LogP contribution is -2.39. The number of carbonyl (C=O) groups is 2. The number of fused-ring (bicyclic) bond motifs is 3. The van der Waals surface area contributed by atoms with E-state index in [1.54, 1.807) is 26.8 Å². The Bertz CT molecular complexity index is 1110. The van der Waals surface area contributed by atoms with Gasteiger partial charge in [-0.05, 0) is 78.0 Å². The number of esters is 1. The molecule has 39 heavy (non-hydrogen) atoms. The van der Waals surface area contributed by atoms with Crippen LogP contribution in [0.25, 0.3) is 0 Å². The largest absolute Gasteiger partial charge is 0.487 e. The number of carbonyl (C=O) groups excluding carboxylic acids is 2. The number of unbranched alkanes of at least 4 members (excludes halogenated alkanes) is 2. The summed E-state index contributed by atoms with van der Waals surface area (Å²) in [5, 5.41) is 2.58. The van der Waals surface area contributed by atoms with Gasteiger partial charge in [0.1, 0.15) is 30.3 Å². The second-order valence-corrected chi connectivity index (χ2v) is 12.6. The van der Waals surface area contributed by atoms with Gasteiger partial charge in [0.05, 0.1) is 12.7 Å². The van der Waals surface area contributed by atoms with Gasteiger partial charge in [-0.1, -0.05) is 31.4 Å². The van der Waals surface area contributed by atoms with Gasteiger partial charge in [0.2, 0.25) is 0 Å². The smallest absolute Gasteiger partial charge is 0.424 e. The molecule has 1 heterocycles. The number of hydrogen-bond acceptors (Lipinski definition) is 7. The van der Waals surface area contributed by atoms with Crippen molar-refractivity contribution in [3.63, 3.8) is 0 Å². The van der Waals surface area contributed by atoms with Crippen LogP contribution in [0.5, 0.6) is 11.5 Å². The van der Waals surface area contributed by atoms with E-state index in [-0.39, 0.29) is 24.2 Å². The van der Waals surface area contributed by atoms with Crippen molar-refractivity contribution >= 4 is 19.2 Å². The topological polar surface area (TPSA) is 100 Å². The standard InChI is InChI=1S/C29H43FNO7P/c1-7-9-10-11-21-15-24-27(23-14-19(5)12-13-22(23)26(17-30)37-24)25(16-21)38-39(34,29(33)35-8-2)31-20(6)28(32)36-18(3)4/h14-16,18,20,22-23,26H,7-13,17H2,1-6H3,(H,31,34). The van der Waals surface area contributed by atoms with E-state index in [1.807, 2.05) is 13.0 Å². The van der Waals surface area contributed by atoms with Crippen molar-refractivity contribution in [3.05, 3.63) is 34.9 Å². The third kappa shape index (κ3) is 7.63. The Labute approximate surface area is 231 Å². The SMILES string of the molecule is CCCCCc1cc2c(c(OP(=O)(NC(C)C(=O)OC(C)C)C(=O)OCC)c1)C1C=C(C)CCC1C(CF)O2. The first-order chi connectivity index (χ1) is 18.5. The first-order valence-electron chi connectivity index (χ1n) is 14.0. The van der Waals surface area contributed by atoms with Crippen LogP contribution < -0.4 is 14.3 Å². The maximum absolute atomic E-state index is 14.1. The minimum absolute atomic E-state index is 0.0260. The monoisotopic (exact) mass is 567 g/mol. The number of nitrogens with one attached hydrogen (secondary N) is 1. The lowest BCUT2D eigenvalue weighted by Gasteiger charge is -2.41. The number of alkyl halides is 1. The quantitative estimate of drug-likeness (QED) is 0.115. The Morgan fingerprint density at radius 2 is 1.95 bits per heavy atom. The van der Waals surface area contributed by atoms with E-state index in [0.717, 1.165) is 43.2 Å². The number of ether oxygens (including phenoxy) is 3. The maximum Gasteiger partial charge on any atom is 0.424 e. The molecule has 5 unspecified atom stereocenters. The molecular weight excluding hydrogens is 524 g/mol. The van der Waals surface area contributed by atoms with E-state index in [9.17, 15) is 18.5 Å². The second-order valence-electron chi connectivity index (χ2n) is 10.7. The average molecular weight is 568 g/mol. The predicted octanol–water partition coefficient (Wildman–Crippen LogP) is 7.25. The highest BCUT2D eigenvalue weighted by molar-refractivity contribution is 7.74. The van der Waals surface area contributed by atoms with Crippen LogP contribution in [-0.4, -0.2) is 43.2 Å². The highest BCUT2D eigenvalue weighted by atomic mass is 31.2. The molecule has 0 saturated heterocycles. The number of benzene rings is 1. The highest BCUT2D eigenvalue weighted by Gasteiger charge is 2.45. The minimum atomic E-state index is -4.45. The van der Waals surface area contributed by atoms with Crippen molar-refractivity contribution < 1.29 is 37.3 Å². The van der Waals surface area contributed by atoms with Gasteiger partial charge in [-0.15, -0.1) is 0 Å². The second kappa shape index (κ2) is 13.8. The van der Waals surface area contributed by atoms with Crippen LogP contribution >= 0.6 is 7.52 Å². The molecule has 0 saturated carbocycles. The van der Waals surface area contributed by atoms with Gasteiger partial charge in [-0.25, -0.2) is 18.8 Å². The van der Waals surface area contributed by atoms with E-state index in [0.29, 0.717) is 17.7 Å². The third-order valence-electron chi connectivity index (χ3n) is 7.08. The molecule has 1 N–H and O–H groups in total. The van der Waals surface area contributed by atoms with Gasteiger partial charge in [0, 0.05) is 17.4 Å². The third-order valence-corrected chi connectivity index (χ3v) is 8.87. The molecule has 1 aliphatic heterocycles. The average Bonchev–Trinajstić information content (AvgIpc) is 2.87. The highest BCUT2D eigenvalue weighted by Crippen LogP contribution is 2.55. The molecule has 218 valence electrons. The molecule has 1 aromatic rings. The lowest BCUT2D eigenvalue weighted by molar-refractivity contribution is -0.149. The fourth-order valence-corrected chi connectivity index (χ4v) is 6.76. The van der Waals surface area contributed by atoms with Crippen LogP contribution in [0.1, 0.15) is 90.7 Å². The summed E-state index contributed by atoms with van der Waals surface area (Å²) in [5.41, 5.74) is 1.57. The lowest BCUT2D eigenvalue weighted by atomic mass is 9.72. The molecule has 0 fully saturated rings. The van der Waals surface area contributed by atoms with Gasteiger partial charge in [0.25, 0.3) is 0 Å². The van der Waals surface area contributed by atoms with E-state index in [1.165, 1.54) is 6.92 Å². The summed E-state index contributed by atoms with van der Waals surface area (Å²) in [7, 11) is -4.45. The maximum atomic E-state index is 14.1. The van der Waals surface area contributed by atoms with Gasteiger partial charge in [-0.2, -0.15) is 0 Å². The number of halogens is 1. The van der Waals surface area contributed by atoms with E-state index >= 15 is 0 Å². The molecule has 5 atom stereocenters. The van der Waals surface area contributed by atoms with Crippen LogP contribution in [-0.2, 0) is 25.3 Å². The number of allylic oxidation sites excluding steroid dienone is 2. The number of rotatable bonds is 13. The summed E-state index contributed by atoms with van der Waals surface area (Å²) in [6.45, 7) is 9.94. The van der Waals surface area contributed by atoms with Crippen molar-refractivity contribution in [2.75, 3.05) is 13.3 Å². The van der Waals surface area contributed by atoms with E-state index in [2.05, 4.69) is 18.1 Å². The van der Waals surface area contributed by atoms with Crippen molar-refractivity contribution in [3.8, 4) is 11.5 Å². The van der Waals surface area contributed by atoms with Crippen LogP contribution in [0.4, 0.5) is 9.18 Å².